The Balaban J connectivity index is 2.40. The highest BCUT2D eigenvalue weighted by Crippen LogP contribution is 2.40. The molecule has 2 rings (SSSR count). The lowest BCUT2D eigenvalue weighted by Crippen LogP contribution is -2.26. The van der Waals surface area contributed by atoms with Crippen LogP contribution in [0, 0.1) is 5.92 Å². The van der Waals surface area contributed by atoms with Crippen LogP contribution in [0.3, 0.4) is 0 Å². The molecular weight excluding hydrogens is 286 g/mol. The molecule has 20 heavy (non-hydrogen) atoms. The van der Waals surface area contributed by atoms with E-state index in [1.165, 1.54) is 19.1 Å². The van der Waals surface area contributed by atoms with Crippen LogP contribution in [-0.4, -0.2) is 37.7 Å². The van der Waals surface area contributed by atoms with Gasteiger partial charge in [0.05, 0.1) is 30.8 Å². The van der Waals surface area contributed by atoms with Crippen molar-refractivity contribution < 1.29 is 24.2 Å². The van der Waals surface area contributed by atoms with Crippen molar-refractivity contribution in [3.8, 4) is 11.5 Å². The van der Waals surface area contributed by atoms with Crippen molar-refractivity contribution in [3.63, 3.8) is 0 Å². The molecule has 1 N–H and O–H groups in total. The maximum atomic E-state index is 12.0. The monoisotopic (exact) mass is 299 g/mol. The van der Waals surface area contributed by atoms with Crippen LogP contribution in [0.1, 0.15) is 6.42 Å². The van der Waals surface area contributed by atoms with E-state index in [1.54, 1.807) is 12.1 Å². The van der Waals surface area contributed by atoms with Gasteiger partial charge < -0.3 is 19.5 Å². The minimum Gasteiger partial charge on any atom is -0.495 e. The molecule has 0 unspecified atom stereocenters. The molecule has 1 heterocycles. The molecule has 0 spiro atoms. The number of ether oxygens (including phenoxy) is 2. The smallest absolute Gasteiger partial charge is 0.308 e. The van der Waals surface area contributed by atoms with E-state index in [0.717, 1.165) is 0 Å². The predicted molar refractivity (Wildman–Crippen MR) is 72.7 cm³/mol. The van der Waals surface area contributed by atoms with Gasteiger partial charge in [-0.15, -0.1) is 0 Å². The fourth-order valence-corrected chi connectivity index (χ4v) is 2.40. The Bertz CT molecular complexity index is 560. The molecule has 0 saturated carbocycles. The highest BCUT2D eigenvalue weighted by Gasteiger charge is 2.36. The molecule has 1 aliphatic rings. The summed E-state index contributed by atoms with van der Waals surface area (Å²) in [6.07, 6.45) is -0.0257. The SMILES string of the molecule is COc1cc(OC)c(N2C[C@@H](C(=O)O)CC2=O)cc1Cl. The molecular formula is C13H14ClNO5. The van der Waals surface area contributed by atoms with Crippen molar-refractivity contribution in [2.45, 2.75) is 6.42 Å². The lowest BCUT2D eigenvalue weighted by atomic mass is 10.1. The van der Waals surface area contributed by atoms with E-state index in [4.69, 9.17) is 26.2 Å². The van der Waals surface area contributed by atoms with E-state index in [2.05, 4.69) is 0 Å². The zero-order valence-corrected chi connectivity index (χ0v) is 11.8. The van der Waals surface area contributed by atoms with Gasteiger partial charge in [0.15, 0.2) is 0 Å². The van der Waals surface area contributed by atoms with Crippen molar-refractivity contribution in [2.24, 2.45) is 5.92 Å². The number of aliphatic carboxylic acids is 1. The zero-order chi connectivity index (χ0) is 14.9. The van der Waals surface area contributed by atoms with Gasteiger partial charge in [-0.2, -0.15) is 0 Å². The number of carboxylic acids is 1. The number of amides is 1. The van der Waals surface area contributed by atoms with Crippen LogP contribution in [0.15, 0.2) is 12.1 Å². The van der Waals surface area contributed by atoms with Crippen LogP contribution in [0.5, 0.6) is 11.5 Å². The largest absolute Gasteiger partial charge is 0.495 e. The van der Waals surface area contributed by atoms with Crippen LogP contribution < -0.4 is 14.4 Å². The molecule has 7 heteroatoms. The van der Waals surface area contributed by atoms with Crippen LogP contribution in [0.4, 0.5) is 5.69 Å². The number of halogens is 1. The lowest BCUT2D eigenvalue weighted by molar-refractivity contribution is -0.141. The summed E-state index contributed by atoms with van der Waals surface area (Å²) in [5.74, 6) is -1.14. The standard InChI is InChI=1S/C13H14ClNO5/c1-19-10-5-11(20-2)9(4-8(10)14)15-6-7(13(17)18)3-12(15)16/h4-5,7H,3,6H2,1-2H3,(H,17,18)/t7-/m0/s1. The van der Waals surface area contributed by atoms with E-state index in [1.807, 2.05) is 0 Å². The first kappa shape index (κ1) is 14.5. The molecule has 1 amide bonds. The maximum Gasteiger partial charge on any atom is 0.308 e. The number of nitrogens with zero attached hydrogens (tertiary/aromatic N) is 1. The summed E-state index contributed by atoms with van der Waals surface area (Å²) in [5.41, 5.74) is 0.451. The summed E-state index contributed by atoms with van der Waals surface area (Å²) in [6, 6.07) is 3.11. The highest BCUT2D eigenvalue weighted by molar-refractivity contribution is 6.32. The molecule has 6 nitrogen and oxygen atoms in total. The summed E-state index contributed by atoms with van der Waals surface area (Å²) < 4.78 is 10.3. The number of methoxy groups -OCH3 is 2. The van der Waals surface area contributed by atoms with E-state index < -0.39 is 11.9 Å². The number of hydrogen-bond acceptors (Lipinski definition) is 4. The maximum absolute atomic E-state index is 12.0. The molecule has 1 aromatic carbocycles. The van der Waals surface area contributed by atoms with Gasteiger partial charge in [0.25, 0.3) is 0 Å². The first-order valence-electron chi connectivity index (χ1n) is 5.92. The van der Waals surface area contributed by atoms with Gasteiger partial charge in [-0.05, 0) is 6.07 Å². The van der Waals surface area contributed by atoms with Crippen molar-refractivity contribution >= 4 is 29.2 Å². The van der Waals surface area contributed by atoms with Gasteiger partial charge in [-0.3, -0.25) is 9.59 Å². The minimum atomic E-state index is -0.987. The van der Waals surface area contributed by atoms with Gasteiger partial charge >= 0.3 is 5.97 Å². The Morgan fingerprint density at radius 3 is 2.50 bits per heavy atom. The number of carboxylic acid groups (broad SMARTS) is 1. The topological polar surface area (TPSA) is 76.1 Å². The highest BCUT2D eigenvalue weighted by atomic mass is 35.5. The molecule has 0 aliphatic carbocycles. The van der Waals surface area contributed by atoms with Gasteiger partial charge in [0.1, 0.15) is 11.5 Å². The first-order chi connectivity index (χ1) is 9.47. The van der Waals surface area contributed by atoms with Crippen LogP contribution in [-0.2, 0) is 9.59 Å². The zero-order valence-electron chi connectivity index (χ0n) is 11.1. The van der Waals surface area contributed by atoms with Crippen LogP contribution in [0.2, 0.25) is 5.02 Å². The quantitative estimate of drug-likeness (QED) is 0.917. The van der Waals surface area contributed by atoms with E-state index >= 15 is 0 Å². The van der Waals surface area contributed by atoms with Gasteiger partial charge in [-0.1, -0.05) is 11.6 Å². The molecule has 0 radical (unpaired) electrons. The molecule has 1 aliphatic heterocycles. The number of anilines is 1. The molecule has 1 fully saturated rings. The van der Waals surface area contributed by atoms with Gasteiger partial charge in [0, 0.05) is 19.0 Å². The van der Waals surface area contributed by atoms with Crippen LogP contribution >= 0.6 is 11.6 Å². The van der Waals surface area contributed by atoms with Gasteiger partial charge in [-0.25, -0.2) is 0 Å². The second-order valence-corrected chi connectivity index (χ2v) is 4.81. The third-order valence-corrected chi connectivity index (χ3v) is 3.51. The molecule has 0 bridgehead atoms. The Morgan fingerprint density at radius 1 is 1.35 bits per heavy atom. The molecule has 1 saturated heterocycles. The van der Waals surface area contributed by atoms with Crippen molar-refractivity contribution in [2.75, 3.05) is 25.7 Å². The summed E-state index contributed by atoms with van der Waals surface area (Å²) in [5, 5.41) is 9.33. The molecule has 108 valence electrons. The summed E-state index contributed by atoms with van der Waals surface area (Å²) in [7, 11) is 2.93. The molecule has 0 aromatic heterocycles. The van der Waals surface area contributed by atoms with E-state index in [9.17, 15) is 9.59 Å². The third-order valence-electron chi connectivity index (χ3n) is 3.22. The summed E-state index contributed by atoms with van der Waals surface area (Å²) in [4.78, 5) is 24.3. The fraction of sp³-hybridized carbons (Fsp3) is 0.385. The number of benzene rings is 1. The average Bonchev–Trinajstić information content (AvgIpc) is 2.80. The lowest BCUT2D eigenvalue weighted by Gasteiger charge is -2.20. The van der Waals surface area contributed by atoms with Crippen molar-refractivity contribution in [1.82, 2.24) is 0 Å². The Labute approximate surface area is 120 Å². The summed E-state index contributed by atoms with van der Waals surface area (Å²) >= 11 is 6.05. The van der Waals surface area contributed by atoms with Crippen molar-refractivity contribution in [3.05, 3.63) is 17.2 Å². The number of carbonyl (C=O) groups is 2. The fourth-order valence-electron chi connectivity index (χ4n) is 2.16. The van der Waals surface area contributed by atoms with E-state index in [0.29, 0.717) is 22.2 Å². The van der Waals surface area contributed by atoms with Gasteiger partial charge in [0.2, 0.25) is 5.91 Å². The normalized spacial score (nSPS) is 18.2. The Morgan fingerprint density at radius 2 is 2.00 bits per heavy atom. The number of carbonyl (C=O) groups excluding carboxylic acids is 1. The molecule has 1 atom stereocenters. The Kier molecular flexibility index (Phi) is 4.04. The third kappa shape index (κ3) is 2.51. The van der Waals surface area contributed by atoms with Crippen LogP contribution in [0.25, 0.3) is 0 Å². The predicted octanol–water partition coefficient (Wildman–Crippen LogP) is 1.79. The number of rotatable bonds is 4. The summed E-state index contributed by atoms with van der Waals surface area (Å²) in [6.45, 7) is 0.104. The first-order valence-corrected chi connectivity index (χ1v) is 6.30. The Hall–Kier alpha value is -1.95. The minimum absolute atomic E-state index is 0.0257. The number of hydrogen-bond donors (Lipinski definition) is 1. The average molecular weight is 300 g/mol. The second-order valence-electron chi connectivity index (χ2n) is 4.40. The van der Waals surface area contributed by atoms with E-state index in [-0.39, 0.29) is 18.9 Å². The molecule has 1 aromatic rings. The van der Waals surface area contributed by atoms with Crippen molar-refractivity contribution in [1.29, 1.82) is 0 Å². The second kappa shape index (κ2) is 5.58.